The highest BCUT2D eigenvalue weighted by atomic mass is 31.2. The second-order valence-corrected chi connectivity index (χ2v) is 6.43. The molecule has 0 bridgehead atoms. The van der Waals surface area contributed by atoms with Crippen LogP contribution in [0, 0.1) is 0 Å². The van der Waals surface area contributed by atoms with Crippen molar-refractivity contribution < 1.29 is 13.9 Å². The molecule has 0 amide bonds. The van der Waals surface area contributed by atoms with Gasteiger partial charge in [0.25, 0.3) is 0 Å². The maximum Gasteiger partial charge on any atom is 0.414 e. The van der Waals surface area contributed by atoms with Crippen molar-refractivity contribution in [1.29, 1.82) is 0 Å². The summed E-state index contributed by atoms with van der Waals surface area (Å²) in [6.45, 7) is 10.5. The first-order chi connectivity index (χ1) is 5.37. The highest BCUT2D eigenvalue weighted by molar-refractivity contribution is 7.62. The SMILES string of the molecule is CCO[P+](O)(OCC)C(C)(C)C. The van der Waals surface area contributed by atoms with Gasteiger partial charge >= 0.3 is 7.94 Å². The topological polar surface area (TPSA) is 38.7 Å². The van der Waals surface area contributed by atoms with Gasteiger partial charge in [-0.2, -0.15) is 13.9 Å². The van der Waals surface area contributed by atoms with Crippen LogP contribution in [0.1, 0.15) is 34.6 Å². The molecule has 0 aromatic heterocycles. The lowest BCUT2D eigenvalue weighted by atomic mass is 10.3. The summed E-state index contributed by atoms with van der Waals surface area (Å²) in [5.41, 5.74) is 0. The summed E-state index contributed by atoms with van der Waals surface area (Å²) < 4.78 is 10.6. The van der Waals surface area contributed by atoms with Crippen LogP contribution in [0.5, 0.6) is 0 Å². The average Bonchev–Trinajstić information content (AvgIpc) is 1.86. The molecular weight excluding hydrogens is 175 g/mol. The third kappa shape index (κ3) is 2.98. The summed E-state index contributed by atoms with van der Waals surface area (Å²) >= 11 is 0. The van der Waals surface area contributed by atoms with Crippen LogP contribution in [0.15, 0.2) is 0 Å². The maximum absolute atomic E-state index is 10.0. The first kappa shape index (κ1) is 12.3. The molecule has 4 heteroatoms. The van der Waals surface area contributed by atoms with Crippen LogP contribution in [-0.4, -0.2) is 23.3 Å². The van der Waals surface area contributed by atoms with Crippen molar-refractivity contribution >= 4 is 7.94 Å². The molecule has 12 heavy (non-hydrogen) atoms. The van der Waals surface area contributed by atoms with Crippen molar-refractivity contribution in [2.45, 2.75) is 39.8 Å². The predicted octanol–water partition coefficient (Wildman–Crippen LogP) is 2.61. The average molecular weight is 195 g/mol. The van der Waals surface area contributed by atoms with Gasteiger partial charge in [0.15, 0.2) is 5.16 Å². The standard InChI is InChI=1S/C8H20O3P/c1-6-10-12(9,11-7-2)8(3,4)5/h9H,6-7H2,1-5H3/q+1. The molecule has 0 fully saturated rings. The zero-order chi connectivity index (χ0) is 9.83. The second kappa shape index (κ2) is 4.52. The minimum absolute atomic E-state index is 0.320. The van der Waals surface area contributed by atoms with E-state index >= 15 is 0 Å². The summed E-state index contributed by atoms with van der Waals surface area (Å²) in [5.74, 6) is 0. The monoisotopic (exact) mass is 195 g/mol. The number of hydrogen-bond donors (Lipinski definition) is 1. The minimum atomic E-state index is -2.65. The van der Waals surface area contributed by atoms with Crippen molar-refractivity contribution in [2.24, 2.45) is 0 Å². The van der Waals surface area contributed by atoms with Crippen LogP contribution in [0.4, 0.5) is 0 Å². The molecule has 0 heterocycles. The van der Waals surface area contributed by atoms with E-state index in [4.69, 9.17) is 9.05 Å². The number of rotatable bonds is 4. The van der Waals surface area contributed by atoms with E-state index in [-0.39, 0.29) is 5.16 Å². The van der Waals surface area contributed by atoms with E-state index in [0.717, 1.165) is 0 Å². The minimum Gasteiger partial charge on any atom is -0.192 e. The van der Waals surface area contributed by atoms with Crippen molar-refractivity contribution in [3.63, 3.8) is 0 Å². The van der Waals surface area contributed by atoms with E-state index < -0.39 is 7.94 Å². The molecule has 0 atom stereocenters. The van der Waals surface area contributed by atoms with Crippen LogP contribution in [0.25, 0.3) is 0 Å². The van der Waals surface area contributed by atoms with Gasteiger partial charge in [0, 0.05) is 0 Å². The molecule has 0 aliphatic carbocycles. The van der Waals surface area contributed by atoms with Gasteiger partial charge in [-0.15, -0.1) is 0 Å². The summed E-state index contributed by atoms with van der Waals surface area (Å²) in [7, 11) is -2.65. The lowest BCUT2D eigenvalue weighted by molar-refractivity contribution is 0.171. The van der Waals surface area contributed by atoms with Crippen LogP contribution in [0.2, 0.25) is 0 Å². The first-order valence-corrected chi connectivity index (χ1v) is 5.86. The van der Waals surface area contributed by atoms with Crippen LogP contribution in [0.3, 0.4) is 0 Å². The maximum atomic E-state index is 10.0. The normalized spacial score (nSPS) is 13.5. The molecule has 0 aromatic rings. The fraction of sp³-hybridized carbons (Fsp3) is 1.00. The second-order valence-electron chi connectivity index (χ2n) is 3.53. The largest absolute Gasteiger partial charge is 0.414 e. The Morgan fingerprint density at radius 1 is 1.08 bits per heavy atom. The van der Waals surface area contributed by atoms with Crippen molar-refractivity contribution in [3.8, 4) is 0 Å². The smallest absolute Gasteiger partial charge is 0.192 e. The van der Waals surface area contributed by atoms with Crippen LogP contribution in [-0.2, 0) is 9.05 Å². The highest BCUT2D eigenvalue weighted by Gasteiger charge is 2.53. The van der Waals surface area contributed by atoms with Gasteiger partial charge in [-0.1, -0.05) is 0 Å². The first-order valence-electron chi connectivity index (χ1n) is 4.28. The highest BCUT2D eigenvalue weighted by Crippen LogP contribution is 2.66. The van der Waals surface area contributed by atoms with Gasteiger partial charge in [-0.05, 0) is 34.6 Å². The van der Waals surface area contributed by atoms with Gasteiger partial charge in [-0.25, -0.2) is 0 Å². The predicted molar refractivity (Wildman–Crippen MR) is 52.1 cm³/mol. The van der Waals surface area contributed by atoms with E-state index in [1.165, 1.54) is 0 Å². The third-order valence-corrected chi connectivity index (χ3v) is 4.37. The quantitative estimate of drug-likeness (QED) is 0.701. The Morgan fingerprint density at radius 2 is 1.42 bits per heavy atom. The van der Waals surface area contributed by atoms with Gasteiger partial charge < -0.3 is 0 Å². The Balaban J connectivity index is 4.38. The van der Waals surface area contributed by atoms with Crippen LogP contribution >= 0.6 is 7.94 Å². The van der Waals surface area contributed by atoms with E-state index in [2.05, 4.69) is 0 Å². The van der Waals surface area contributed by atoms with Crippen molar-refractivity contribution in [2.75, 3.05) is 13.2 Å². The Hall–Kier alpha value is 0.310. The Labute approximate surface area is 75.7 Å². The lowest BCUT2D eigenvalue weighted by Gasteiger charge is -2.27. The Morgan fingerprint density at radius 3 is 1.58 bits per heavy atom. The third-order valence-electron chi connectivity index (χ3n) is 1.46. The molecule has 0 saturated heterocycles. The molecule has 0 spiro atoms. The van der Waals surface area contributed by atoms with Gasteiger partial charge in [0.05, 0.1) is 13.2 Å². The fourth-order valence-corrected chi connectivity index (χ4v) is 2.32. The van der Waals surface area contributed by atoms with E-state index in [1.807, 2.05) is 34.6 Å². The molecule has 0 unspecified atom stereocenters. The fourth-order valence-electron chi connectivity index (χ4n) is 0.775. The molecule has 1 N–H and O–H groups in total. The molecule has 0 aliphatic rings. The van der Waals surface area contributed by atoms with E-state index in [0.29, 0.717) is 13.2 Å². The van der Waals surface area contributed by atoms with Crippen molar-refractivity contribution in [1.82, 2.24) is 0 Å². The number of hydrogen-bond acceptors (Lipinski definition) is 3. The molecule has 0 rings (SSSR count). The molecule has 74 valence electrons. The summed E-state index contributed by atoms with van der Waals surface area (Å²) in [6, 6.07) is 0. The zero-order valence-corrected chi connectivity index (χ0v) is 9.52. The van der Waals surface area contributed by atoms with Gasteiger partial charge in [-0.3, -0.25) is 0 Å². The molecule has 0 radical (unpaired) electrons. The van der Waals surface area contributed by atoms with Gasteiger partial charge in [0.2, 0.25) is 0 Å². The van der Waals surface area contributed by atoms with Crippen molar-refractivity contribution in [3.05, 3.63) is 0 Å². The molecule has 3 nitrogen and oxygen atoms in total. The molecular formula is C8H20O3P+. The lowest BCUT2D eigenvalue weighted by Crippen LogP contribution is -2.24. The Bertz CT molecular complexity index is 125. The van der Waals surface area contributed by atoms with E-state index in [9.17, 15) is 4.89 Å². The van der Waals surface area contributed by atoms with Crippen LogP contribution < -0.4 is 0 Å². The summed E-state index contributed by atoms with van der Waals surface area (Å²) in [5, 5.41) is -0.320. The molecule has 0 saturated carbocycles. The Kier molecular flexibility index (Phi) is 4.64. The zero-order valence-electron chi connectivity index (χ0n) is 8.63. The summed E-state index contributed by atoms with van der Waals surface area (Å²) in [6.07, 6.45) is 0. The van der Waals surface area contributed by atoms with Gasteiger partial charge in [0.1, 0.15) is 0 Å². The van der Waals surface area contributed by atoms with E-state index in [1.54, 1.807) is 0 Å². The molecule has 0 aliphatic heterocycles. The summed E-state index contributed by atoms with van der Waals surface area (Å²) in [4.78, 5) is 10.0. The molecule has 0 aromatic carbocycles.